The number of para-hydroxylation sites is 1. The Morgan fingerprint density at radius 3 is 2.67 bits per heavy atom. The molecular weight excluding hydrogens is 193 g/mol. The van der Waals surface area contributed by atoms with Crippen molar-refractivity contribution in [2.24, 2.45) is 11.7 Å². The van der Waals surface area contributed by atoms with Gasteiger partial charge in [-0.25, -0.2) is 4.39 Å². The van der Waals surface area contributed by atoms with Crippen LogP contribution in [-0.2, 0) is 0 Å². The number of benzene rings is 1. The van der Waals surface area contributed by atoms with E-state index in [1.54, 1.807) is 18.2 Å². The summed E-state index contributed by atoms with van der Waals surface area (Å²) in [4.78, 5) is 0. The highest BCUT2D eigenvalue weighted by atomic mass is 19.1. The molecule has 0 aromatic heterocycles. The fourth-order valence-corrected chi connectivity index (χ4v) is 1.21. The van der Waals surface area contributed by atoms with Crippen molar-refractivity contribution in [1.82, 2.24) is 0 Å². The third-order valence-corrected chi connectivity index (χ3v) is 2.64. The molecule has 84 valence electrons. The monoisotopic (exact) mass is 211 g/mol. The summed E-state index contributed by atoms with van der Waals surface area (Å²) in [5.41, 5.74) is 5.88. The van der Waals surface area contributed by atoms with E-state index >= 15 is 0 Å². The minimum Gasteiger partial charge on any atom is -0.489 e. The molecule has 0 radical (unpaired) electrons. The van der Waals surface area contributed by atoms with Gasteiger partial charge in [-0.1, -0.05) is 32.4 Å². The maximum Gasteiger partial charge on any atom is 0.165 e. The van der Waals surface area contributed by atoms with Gasteiger partial charge >= 0.3 is 0 Å². The predicted molar refractivity (Wildman–Crippen MR) is 59.3 cm³/mol. The Hall–Kier alpha value is -1.09. The summed E-state index contributed by atoms with van der Waals surface area (Å²) in [6, 6.07) is 6.32. The lowest BCUT2D eigenvalue weighted by Crippen LogP contribution is -2.34. The van der Waals surface area contributed by atoms with Gasteiger partial charge in [-0.2, -0.15) is 0 Å². The third-order valence-electron chi connectivity index (χ3n) is 2.64. The minimum absolute atomic E-state index is 0.0467. The van der Waals surface area contributed by atoms with Gasteiger partial charge in [-0.3, -0.25) is 0 Å². The van der Waals surface area contributed by atoms with Crippen LogP contribution in [-0.4, -0.2) is 12.6 Å². The molecule has 0 amide bonds. The first kappa shape index (κ1) is 12.0. The zero-order chi connectivity index (χ0) is 11.3. The Labute approximate surface area is 90.2 Å². The van der Waals surface area contributed by atoms with E-state index in [1.807, 2.05) is 0 Å². The normalized spacial score (nSPS) is 14.7. The molecule has 3 heteroatoms. The first-order chi connectivity index (χ1) is 7.15. The van der Waals surface area contributed by atoms with Crippen molar-refractivity contribution in [3.05, 3.63) is 30.1 Å². The summed E-state index contributed by atoms with van der Waals surface area (Å²) < 4.78 is 18.5. The Balaban J connectivity index is 2.47. The first-order valence-corrected chi connectivity index (χ1v) is 5.28. The fourth-order valence-electron chi connectivity index (χ4n) is 1.21. The van der Waals surface area contributed by atoms with E-state index in [-0.39, 0.29) is 17.6 Å². The van der Waals surface area contributed by atoms with Gasteiger partial charge in [0.15, 0.2) is 11.6 Å². The maximum atomic E-state index is 13.2. The zero-order valence-corrected chi connectivity index (χ0v) is 9.24. The van der Waals surface area contributed by atoms with E-state index < -0.39 is 0 Å². The summed E-state index contributed by atoms with van der Waals surface area (Å²) in [5, 5.41) is 0. The average molecular weight is 211 g/mol. The predicted octanol–water partition coefficient (Wildman–Crippen LogP) is 2.58. The van der Waals surface area contributed by atoms with Crippen molar-refractivity contribution in [3.63, 3.8) is 0 Å². The molecule has 15 heavy (non-hydrogen) atoms. The van der Waals surface area contributed by atoms with Crippen molar-refractivity contribution < 1.29 is 9.13 Å². The number of rotatable bonds is 5. The number of hydrogen-bond donors (Lipinski definition) is 1. The molecule has 1 rings (SSSR count). The summed E-state index contributed by atoms with van der Waals surface area (Å²) in [5.74, 6) is 0.321. The van der Waals surface area contributed by atoms with Crippen molar-refractivity contribution in [1.29, 1.82) is 0 Å². The second-order valence-corrected chi connectivity index (χ2v) is 3.79. The molecule has 0 aliphatic heterocycles. The molecule has 0 saturated heterocycles. The maximum absolute atomic E-state index is 13.2. The van der Waals surface area contributed by atoms with Gasteiger partial charge in [-0.15, -0.1) is 0 Å². The van der Waals surface area contributed by atoms with Crippen molar-refractivity contribution >= 4 is 0 Å². The number of hydrogen-bond acceptors (Lipinski definition) is 2. The SMILES string of the molecule is CC[C@@H](C)[C@H](N)COc1ccccc1F. The minimum atomic E-state index is -0.339. The first-order valence-electron chi connectivity index (χ1n) is 5.28. The van der Waals surface area contributed by atoms with Gasteiger partial charge in [-0.05, 0) is 18.1 Å². The standard InChI is InChI=1S/C12H18FNO/c1-3-9(2)11(14)8-15-12-7-5-4-6-10(12)13/h4-7,9,11H,3,8,14H2,1-2H3/t9-,11-/m1/s1. The molecule has 0 bridgehead atoms. The van der Waals surface area contributed by atoms with Gasteiger partial charge in [0, 0.05) is 6.04 Å². The molecule has 0 heterocycles. The van der Waals surface area contributed by atoms with E-state index in [1.165, 1.54) is 6.07 Å². The molecule has 0 saturated carbocycles. The Morgan fingerprint density at radius 1 is 1.40 bits per heavy atom. The highest BCUT2D eigenvalue weighted by molar-refractivity contribution is 5.23. The van der Waals surface area contributed by atoms with E-state index in [0.29, 0.717) is 12.5 Å². The molecule has 2 N–H and O–H groups in total. The second kappa shape index (κ2) is 5.71. The lowest BCUT2D eigenvalue weighted by atomic mass is 10.0. The molecule has 0 aliphatic carbocycles. The van der Waals surface area contributed by atoms with E-state index in [4.69, 9.17) is 10.5 Å². The lowest BCUT2D eigenvalue weighted by molar-refractivity contribution is 0.241. The van der Waals surface area contributed by atoms with Crippen LogP contribution in [0.4, 0.5) is 4.39 Å². The van der Waals surface area contributed by atoms with Crippen molar-refractivity contribution in [3.8, 4) is 5.75 Å². The summed E-state index contributed by atoms with van der Waals surface area (Å²) in [6.07, 6.45) is 1.00. The van der Waals surface area contributed by atoms with Crippen LogP contribution in [0.15, 0.2) is 24.3 Å². The smallest absolute Gasteiger partial charge is 0.165 e. The summed E-state index contributed by atoms with van der Waals surface area (Å²) in [7, 11) is 0. The Kier molecular flexibility index (Phi) is 4.56. The van der Waals surface area contributed by atoms with Gasteiger partial charge in [0.05, 0.1) is 0 Å². The van der Waals surface area contributed by atoms with Crippen LogP contribution in [0.5, 0.6) is 5.75 Å². The quantitative estimate of drug-likeness (QED) is 0.812. The molecule has 2 nitrogen and oxygen atoms in total. The van der Waals surface area contributed by atoms with E-state index in [0.717, 1.165) is 6.42 Å². The number of halogens is 1. The largest absolute Gasteiger partial charge is 0.489 e. The Bertz CT molecular complexity index is 303. The molecule has 0 aliphatic rings. The average Bonchev–Trinajstić information content (AvgIpc) is 2.26. The summed E-state index contributed by atoms with van der Waals surface area (Å²) >= 11 is 0. The molecule has 2 atom stereocenters. The molecule has 1 aromatic carbocycles. The summed E-state index contributed by atoms with van der Waals surface area (Å²) in [6.45, 7) is 4.50. The zero-order valence-electron chi connectivity index (χ0n) is 9.24. The van der Waals surface area contributed by atoms with Crippen LogP contribution < -0.4 is 10.5 Å². The van der Waals surface area contributed by atoms with Crippen LogP contribution in [0.3, 0.4) is 0 Å². The molecule has 0 fully saturated rings. The van der Waals surface area contributed by atoms with Crippen molar-refractivity contribution in [2.75, 3.05) is 6.61 Å². The van der Waals surface area contributed by atoms with Crippen LogP contribution >= 0.6 is 0 Å². The Morgan fingerprint density at radius 2 is 2.07 bits per heavy atom. The van der Waals surface area contributed by atoms with E-state index in [2.05, 4.69) is 13.8 Å². The van der Waals surface area contributed by atoms with Gasteiger partial charge in [0.2, 0.25) is 0 Å². The van der Waals surface area contributed by atoms with Crippen LogP contribution in [0.2, 0.25) is 0 Å². The number of ether oxygens (including phenoxy) is 1. The van der Waals surface area contributed by atoms with Gasteiger partial charge in [0.1, 0.15) is 6.61 Å². The van der Waals surface area contributed by atoms with Crippen LogP contribution in [0.25, 0.3) is 0 Å². The molecule has 0 spiro atoms. The highest BCUT2D eigenvalue weighted by Crippen LogP contribution is 2.16. The van der Waals surface area contributed by atoms with Crippen LogP contribution in [0, 0.1) is 11.7 Å². The van der Waals surface area contributed by atoms with E-state index in [9.17, 15) is 4.39 Å². The fraction of sp³-hybridized carbons (Fsp3) is 0.500. The molecule has 0 unspecified atom stereocenters. The molecule has 1 aromatic rings. The highest BCUT2D eigenvalue weighted by Gasteiger charge is 2.12. The van der Waals surface area contributed by atoms with Crippen LogP contribution in [0.1, 0.15) is 20.3 Å². The van der Waals surface area contributed by atoms with Gasteiger partial charge < -0.3 is 10.5 Å². The topological polar surface area (TPSA) is 35.2 Å². The molecular formula is C12H18FNO. The lowest BCUT2D eigenvalue weighted by Gasteiger charge is -2.18. The van der Waals surface area contributed by atoms with Gasteiger partial charge in [0.25, 0.3) is 0 Å². The third kappa shape index (κ3) is 3.51. The number of nitrogens with two attached hydrogens (primary N) is 1. The second-order valence-electron chi connectivity index (χ2n) is 3.79. The van der Waals surface area contributed by atoms with Crippen molar-refractivity contribution in [2.45, 2.75) is 26.3 Å².